The molecule has 17 heavy (non-hydrogen) atoms. The van der Waals surface area contributed by atoms with Gasteiger partial charge in [0.2, 0.25) is 0 Å². The first-order valence-corrected chi connectivity index (χ1v) is 5.19. The lowest BCUT2D eigenvalue weighted by molar-refractivity contribution is -0.189. The molecule has 0 aliphatic carbocycles. The molecular weight excluding hydrogens is 230 g/mol. The van der Waals surface area contributed by atoms with Crippen molar-refractivity contribution in [2.45, 2.75) is 25.9 Å². The van der Waals surface area contributed by atoms with Crippen LogP contribution in [0, 0.1) is 6.92 Å². The molecule has 0 fully saturated rings. The Bertz CT molecular complexity index is 404. The van der Waals surface area contributed by atoms with Crippen LogP contribution in [0.25, 0.3) is 0 Å². The molecule has 0 heterocycles. The molecule has 0 spiro atoms. The Morgan fingerprint density at radius 3 is 2.59 bits per heavy atom. The Kier molecular flexibility index (Phi) is 4.17. The zero-order chi connectivity index (χ0) is 13.1. The van der Waals surface area contributed by atoms with Gasteiger partial charge in [-0.2, -0.15) is 8.78 Å². The van der Waals surface area contributed by atoms with Crippen LogP contribution in [0.4, 0.5) is 8.78 Å². The van der Waals surface area contributed by atoms with Crippen molar-refractivity contribution in [3.05, 3.63) is 35.4 Å². The van der Waals surface area contributed by atoms with Crippen LogP contribution in [0.1, 0.15) is 24.2 Å². The number of esters is 1. The Morgan fingerprint density at radius 2 is 2.06 bits per heavy atom. The smallest absolute Gasteiger partial charge is 0.380 e. The molecular formula is C12H14F2O3. The van der Waals surface area contributed by atoms with Crippen molar-refractivity contribution < 1.29 is 23.4 Å². The van der Waals surface area contributed by atoms with Crippen LogP contribution in [0.2, 0.25) is 0 Å². The van der Waals surface area contributed by atoms with E-state index in [0.717, 1.165) is 0 Å². The zero-order valence-electron chi connectivity index (χ0n) is 9.61. The lowest BCUT2D eigenvalue weighted by Crippen LogP contribution is -2.37. The van der Waals surface area contributed by atoms with E-state index in [0.29, 0.717) is 5.56 Å². The van der Waals surface area contributed by atoms with Crippen molar-refractivity contribution >= 4 is 5.97 Å². The van der Waals surface area contributed by atoms with E-state index in [2.05, 4.69) is 4.74 Å². The quantitative estimate of drug-likeness (QED) is 0.826. The first-order valence-electron chi connectivity index (χ1n) is 5.19. The molecule has 0 amide bonds. The molecule has 1 atom stereocenters. The summed E-state index contributed by atoms with van der Waals surface area (Å²) in [5, 5.41) is 9.58. The van der Waals surface area contributed by atoms with Crippen molar-refractivity contribution in [2.24, 2.45) is 0 Å². The summed E-state index contributed by atoms with van der Waals surface area (Å²) in [6.07, 6.45) is -2.19. The van der Waals surface area contributed by atoms with Gasteiger partial charge in [-0.05, 0) is 25.0 Å². The highest BCUT2D eigenvalue weighted by atomic mass is 19.3. The summed E-state index contributed by atoms with van der Waals surface area (Å²) in [5.74, 6) is -5.65. The molecule has 0 aliphatic heterocycles. The summed E-state index contributed by atoms with van der Waals surface area (Å²) >= 11 is 0. The Labute approximate surface area is 98.0 Å². The average Bonchev–Trinajstić information content (AvgIpc) is 2.29. The van der Waals surface area contributed by atoms with E-state index in [-0.39, 0.29) is 12.2 Å². The molecule has 0 radical (unpaired) electrons. The molecule has 1 N–H and O–H groups in total. The van der Waals surface area contributed by atoms with E-state index in [1.165, 1.54) is 19.1 Å². The molecule has 0 aliphatic rings. The van der Waals surface area contributed by atoms with Gasteiger partial charge >= 0.3 is 11.9 Å². The highest BCUT2D eigenvalue weighted by Crippen LogP contribution is 2.33. The third-order valence-corrected chi connectivity index (χ3v) is 2.37. The lowest BCUT2D eigenvalue weighted by atomic mass is 9.99. The first-order chi connectivity index (χ1) is 7.91. The van der Waals surface area contributed by atoms with E-state index in [1.807, 2.05) is 0 Å². The maximum absolute atomic E-state index is 13.5. The van der Waals surface area contributed by atoms with E-state index in [1.54, 1.807) is 19.1 Å². The third kappa shape index (κ3) is 2.79. The van der Waals surface area contributed by atoms with Gasteiger partial charge in [-0.1, -0.05) is 24.3 Å². The summed E-state index contributed by atoms with van der Waals surface area (Å²) in [4.78, 5) is 11.1. The Morgan fingerprint density at radius 1 is 1.47 bits per heavy atom. The van der Waals surface area contributed by atoms with Crippen LogP contribution in [-0.4, -0.2) is 23.6 Å². The second kappa shape index (κ2) is 5.23. The van der Waals surface area contributed by atoms with Gasteiger partial charge in [-0.3, -0.25) is 0 Å². The molecule has 5 heteroatoms. The van der Waals surface area contributed by atoms with Crippen molar-refractivity contribution in [3.8, 4) is 0 Å². The van der Waals surface area contributed by atoms with Gasteiger partial charge in [0, 0.05) is 0 Å². The minimum Gasteiger partial charge on any atom is -0.461 e. The normalized spacial score (nSPS) is 13.2. The first kappa shape index (κ1) is 13.6. The van der Waals surface area contributed by atoms with E-state index in [4.69, 9.17) is 0 Å². The summed E-state index contributed by atoms with van der Waals surface area (Å²) in [6, 6.07) is 6.12. The minimum absolute atomic E-state index is 0.0190. The average molecular weight is 244 g/mol. The molecule has 0 aromatic heterocycles. The summed E-state index contributed by atoms with van der Waals surface area (Å²) in [6.45, 7) is 2.85. The number of aliphatic hydroxyl groups excluding tert-OH is 1. The number of hydrogen-bond donors (Lipinski definition) is 1. The number of carbonyl (C=O) groups is 1. The fraction of sp³-hybridized carbons (Fsp3) is 0.417. The van der Waals surface area contributed by atoms with Gasteiger partial charge < -0.3 is 9.84 Å². The molecule has 94 valence electrons. The Hall–Kier alpha value is -1.49. The molecule has 0 saturated heterocycles. The van der Waals surface area contributed by atoms with Crippen molar-refractivity contribution in [2.75, 3.05) is 6.61 Å². The van der Waals surface area contributed by atoms with Crippen LogP contribution in [0.15, 0.2) is 24.3 Å². The molecule has 1 rings (SSSR count). The van der Waals surface area contributed by atoms with Crippen molar-refractivity contribution in [1.82, 2.24) is 0 Å². The SMILES string of the molecule is CCOC(=O)C(F)(F)C(O)c1ccccc1C. The molecule has 1 aromatic carbocycles. The topological polar surface area (TPSA) is 46.5 Å². The molecule has 3 nitrogen and oxygen atoms in total. The van der Waals surface area contributed by atoms with Crippen molar-refractivity contribution in [1.29, 1.82) is 0 Å². The number of aryl methyl sites for hydroxylation is 1. The molecule has 0 saturated carbocycles. The van der Waals surface area contributed by atoms with Gasteiger partial charge in [-0.25, -0.2) is 4.79 Å². The number of rotatable bonds is 4. The number of carbonyl (C=O) groups excluding carboxylic acids is 1. The Balaban J connectivity index is 3.00. The van der Waals surface area contributed by atoms with Gasteiger partial charge in [0.05, 0.1) is 6.61 Å². The van der Waals surface area contributed by atoms with Gasteiger partial charge in [-0.15, -0.1) is 0 Å². The summed E-state index contributed by atoms with van der Waals surface area (Å²) in [7, 11) is 0. The van der Waals surface area contributed by atoms with E-state index < -0.39 is 18.0 Å². The largest absolute Gasteiger partial charge is 0.461 e. The van der Waals surface area contributed by atoms with E-state index >= 15 is 0 Å². The summed E-state index contributed by atoms with van der Waals surface area (Å²) < 4.78 is 31.3. The molecule has 0 bridgehead atoms. The number of hydrogen-bond acceptors (Lipinski definition) is 3. The lowest BCUT2D eigenvalue weighted by Gasteiger charge is -2.22. The fourth-order valence-corrected chi connectivity index (χ4v) is 1.43. The van der Waals surface area contributed by atoms with E-state index in [9.17, 15) is 18.7 Å². The zero-order valence-corrected chi connectivity index (χ0v) is 9.61. The highest BCUT2D eigenvalue weighted by molar-refractivity contribution is 5.78. The maximum atomic E-state index is 13.5. The second-order valence-corrected chi connectivity index (χ2v) is 3.60. The molecule has 1 unspecified atom stereocenters. The van der Waals surface area contributed by atoms with Gasteiger partial charge in [0.15, 0.2) is 6.10 Å². The number of benzene rings is 1. The highest BCUT2D eigenvalue weighted by Gasteiger charge is 2.49. The third-order valence-electron chi connectivity index (χ3n) is 2.37. The minimum atomic E-state index is -3.94. The predicted molar refractivity (Wildman–Crippen MR) is 57.7 cm³/mol. The van der Waals surface area contributed by atoms with Crippen LogP contribution < -0.4 is 0 Å². The van der Waals surface area contributed by atoms with Crippen LogP contribution >= 0.6 is 0 Å². The number of halogens is 2. The maximum Gasteiger partial charge on any atom is 0.380 e. The fourth-order valence-electron chi connectivity index (χ4n) is 1.43. The number of ether oxygens (including phenoxy) is 1. The number of alkyl halides is 2. The molecule has 1 aromatic rings. The number of aliphatic hydroxyl groups is 1. The second-order valence-electron chi connectivity index (χ2n) is 3.60. The van der Waals surface area contributed by atoms with Crippen LogP contribution in [-0.2, 0) is 9.53 Å². The summed E-state index contributed by atoms with van der Waals surface area (Å²) in [5.41, 5.74) is 0.509. The predicted octanol–water partition coefficient (Wildman–Crippen LogP) is 2.23. The van der Waals surface area contributed by atoms with Crippen LogP contribution in [0.5, 0.6) is 0 Å². The van der Waals surface area contributed by atoms with Gasteiger partial charge in [0.25, 0.3) is 0 Å². The van der Waals surface area contributed by atoms with Gasteiger partial charge in [0.1, 0.15) is 0 Å². The van der Waals surface area contributed by atoms with Crippen molar-refractivity contribution in [3.63, 3.8) is 0 Å². The van der Waals surface area contributed by atoms with Crippen LogP contribution in [0.3, 0.4) is 0 Å². The monoisotopic (exact) mass is 244 g/mol. The standard InChI is InChI=1S/C12H14F2O3/c1-3-17-11(16)12(13,14)10(15)9-7-5-4-6-8(9)2/h4-7,10,15H,3H2,1-2H3.